The smallest absolute Gasteiger partial charge is 0.339 e. The number of carbonyl (C=O) groups is 1. The van der Waals surface area contributed by atoms with Gasteiger partial charge in [0.1, 0.15) is 11.5 Å². The molecule has 0 unspecified atom stereocenters. The zero-order valence-electron chi connectivity index (χ0n) is 14.9. The maximum Gasteiger partial charge on any atom is 0.339 e. The van der Waals surface area contributed by atoms with Crippen molar-refractivity contribution < 1.29 is 19.0 Å². The van der Waals surface area contributed by atoms with E-state index in [0.717, 1.165) is 0 Å². The van der Waals surface area contributed by atoms with Crippen LogP contribution in [0.15, 0.2) is 41.3 Å². The van der Waals surface area contributed by atoms with Crippen molar-refractivity contribution in [2.45, 2.75) is 6.92 Å². The summed E-state index contributed by atoms with van der Waals surface area (Å²) in [5.41, 5.74) is 1.46. The van der Waals surface area contributed by atoms with Crippen LogP contribution in [0.25, 0.3) is 16.6 Å². The van der Waals surface area contributed by atoms with Gasteiger partial charge < -0.3 is 14.2 Å². The fourth-order valence-corrected chi connectivity index (χ4v) is 2.76. The fourth-order valence-electron chi connectivity index (χ4n) is 2.76. The molecule has 0 amide bonds. The molecule has 7 nitrogen and oxygen atoms in total. The van der Waals surface area contributed by atoms with Crippen molar-refractivity contribution >= 4 is 16.9 Å². The normalized spacial score (nSPS) is 10.6. The number of aryl methyl sites for hydroxylation is 1. The molecule has 2 aromatic heterocycles. The molecule has 0 bridgehead atoms. The number of methoxy groups -OCH3 is 3. The van der Waals surface area contributed by atoms with E-state index in [0.29, 0.717) is 33.8 Å². The van der Waals surface area contributed by atoms with Crippen LogP contribution in [0.4, 0.5) is 0 Å². The summed E-state index contributed by atoms with van der Waals surface area (Å²) >= 11 is 0. The Balaban J connectivity index is 2.29. The van der Waals surface area contributed by atoms with Crippen molar-refractivity contribution in [3.63, 3.8) is 0 Å². The van der Waals surface area contributed by atoms with Crippen LogP contribution in [-0.2, 0) is 4.74 Å². The molecule has 26 heavy (non-hydrogen) atoms. The van der Waals surface area contributed by atoms with Gasteiger partial charge in [-0.3, -0.25) is 14.3 Å². The van der Waals surface area contributed by atoms with E-state index in [-0.39, 0.29) is 11.1 Å². The van der Waals surface area contributed by atoms with Gasteiger partial charge in [-0.05, 0) is 31.2 Å². The number of pyridine rings is 2. The van der Waals surface area contributed by atoms with Gasteiger partial charge in [0.15, 0.2) is 0 Å². The van der Waals surface area contributed by atoms with Gasteiger partial charge in [0.25, 0.3) is 5.56 Å². The number of esters is 1. The Kier molecular flexibility index (Phi) is 4.62. The summed E-state index contributed by atoms with van der Waals surface area (Å²) in [6.07, 6.45) is 1.62. The van der Waals surface area contributed by atoms with Gasteiger partial charge in [0.05, 0.1) is 49.2 Å². The molecule has 0 aliphatic heterocycles. The molecule has 0 atom stereocenters. The van der Waals surface area contributed by atoms with E-state index in [9.17, 15) is 9.59 Å². The second-order valence-corrected chi connectivity index (χ2v) is 5.57. The molecule has 0 saturated heterocycles. The molecule has 0 aliphatic rings. The zero-order chi connectivity index (χ0) is 18.8. The van der Waals surface area contributed by atoms with Crippen LogP contribution < -0.4 is 15.0 Å². The third kappa shape index (κ3) is 2.88. The Bertz CT molecular complexity index is 1060. The van der Waals surface area contributed by atoms with E-state index in [4.69, 9.17) is 14.2 Å². The fraction of sp³-hybridized carbons (Fsp3) is 0.211. The predicted octanol–water partition coefficient (Wildman–Crippen LogP) is 2.50. The van der Waals surface area contributed by atoms with Crippen molar-refractivity contribution in [3.8, 4) is 17.2 Å². The lowest BCUT2D eigenvalue weighted by Gasteiger charge is -2.13. The van der Waals surface area contributed by atoms with E-state index in [1.54, 1.807) is 44.5 Å². The lowest BCUT2D eigenvalue weighted by Crippen LogP contribution is -2.19. The first-order chi connectivity index (χ1) is 12.5. The highest BCUT2D eigenvalue weighted by Gasteiger charge is 2.16. The first-order valence-corrected chi connectivity index (χ1v) is 7.84. The molecule has 0 aliphatic carbocycles. The Morgan fingerprint density at radius 2 is 1.85 bits per heavy atom. The second kappa shape index (κ2) is 6.87. The number of nitrogens with zero attached hydrogens (tertiary/aromatic N) is 2. The molecule has 1 aromatic carbocycles. The Morgan fingerprint density at radius 1 is 1.08 bits per heavy atom. The molecule has 0 spiro atoms. The van der Waals surface area contributed by atoms with Crippen molar-refractivity contribution in [3.05, 3.63) is 58.1 Å². The van der Waals surface area contributed by atoms with E-state index >= 15 is 0 Å². The van der Waals surface area contributed by atoms with Crippen LogP contribution in [0.1, 0.15) is 16.1 Å². The number of rotatable bonds is 4. The van der Waals surface area contributed by atoms with Crippen molar-refractivity contribution in [1.29, 1.82) is 0 Å². The summed E-state index contributed by atoms with van der Waals surface area (Å²) in [4.78, 5) is 29.3. The molecule has 0 radical (unpaired) electrons. The maximum atomic E-state index is 13.0. The molecule has 0 saturated carbocycles. The van der Waals surface area contributed by atoms with Crippen LogP contribution in [0.3, 0.4) is 0 Å². The van der Waals surface area contributed by atoms with Gasteiger partial charge in [0, 0.05) is 12.3 Å². The Hall–Kier alpha value is -3.35. The van der Waals surface area contributed by atoms with Crippen molar-refractivity contribution in [2.24, 2.45) is 0 Å². The third-order valence-electron chi connectivity index (χ3n) is 4.12. The minimum Gasteiger partial charge on any atom is -0.497 e. The standard InChI is InChI=1S/C19H18N2O5/c1-11-13(19(23)26-4)10-14-15(20-11)7-8-21(18(14)22)16-9-12(24-2)5-6-17(16)25-3/h5-10H,1-4H3. The predicted molar refractivity (Wildman–Crippen MR) is 96.5 cm³/mol. The Labute approximate surface area is 149 Å². The summed E-state index contributed by atoms with van der Waals surface area (Å²) in [5, 5.41) is 0.309. The summed E-state index contributed by atoms with van der Waals surface area (Å²) < 4.78 is 16.8. The Morgan fingerprint density at radius 3 is 2.50 bits per heavy atom. The quantitative estimate of drug-likeness (QED) is 0.670. The number of fused-ring (bicyclic) bond motifs is 1. The number of hydrogen-bond acceptors (Lipinski definition) is 6. The summed E-state index contributed by atoms with van der Waals surface area (Å²) in [6.45, 7) is 1.70. The number of benzene rings is 1. The minimum atomic E-state index is -0.536. The topological polar surface area (TPSA) is 79.7 Å². The van der Waals surface area contributed by atoms with Crippen LogP contribution >= 0.6 is 0 Å². The first-order valence-electron chi connectivity index (χ1n) is 7.84. The van der Waals surface area contributed by atoms with Gasteiger partial charge in [0.2, 0.25) is 0 Å². The largest absolute Gasteiger partial charge is 0.497 e. The number of hydrogen-bond donors (Lipinski definition) is 0. The maximum absolute atomic E-state index is 13.0. The average molecular weight is 354 g/mol. The third-order valence-corrected chi connectivity index (χ3v) is 4.12. The minimum absolute atomic E-state index is 0.257. The van der Waals surface area contributed by atoms with Crippen LogP contribution in [0, 0.1) is 6.92 Å². The SMILES string of the molecule is COC(=O)c1cc2c(=O)n(-c3cc(OC)ccc3OC)ccc2nc1C. The molecule has 0 N–H and O–H groups in total. The highest BCUT2D eigenvalue weighted by atomic mass is 16.5. The molecule has 134 valence electrons. The van der Waals surface area contributed by atoms with Crippen LogP contribution in [-0.4, -0.2) is 36.8 Å². The number of aromatic nitrogens is 2. The molecule has 3 aromatic rings. The number of carbonyl (C=O) groups excluding carboxylic acids is 1. The van der Waals surface area contributed by atoms with E-state index in [1.165, 1.54) is 24.9 Å². The molecule has 0 fully saturated rings. The molecular weight excluding hydrogens is 336 g/mol. The molecular formula is C19H18N2O5. The van der Waals surface area contributed by atoms with E-state index < -0.39 is 5.97 Å². The lowest BCUT2D eigenvalue weighted by atomic mass is 10.1. The van der Waals surface area contributed by atoms with Crippen molar-refractivity contribution in [2.75, 3.05) is 21.3 Å². The van der Waals surface area contributed by atoms with E-state index in [2.05, 4.69) is 4.98 Å². The second-order valence-electron chi connectivity index (χ2n) is 5.57. The summed E-state index contributed by atoms with van der Waals surface area (Å²) in [7, 11) is 4.36. The lowest BCUT2D eigenvalue weighted by molar-refractivity contribution is 0.0599. The van der Waals surface area contributed by atoms with Crippen LogP contribution in [0.5, 0.6) is 11.5 Å². The molecule has 7 heteroatoms. The van der Waals surface area contributed by atoms with Crippen molar-refractivity contribution in [1.82, 2.24) is 9.55 Å². The molecule has 3 rings (SSSR count). The average Bonchev–Trinajstić information content (AvgIpc) is 2.66. The van der Waals surface area contributed by atoms with Gasteiger partial charge in [-0.25, -0.2) is 4.79 Å². The number of ether oxygens (including phenoxy) is 3. The van der Waals surface area contributed by atoms with Gasteiger partial charge in [-0.2, -0.15) is 0 Å². The summed E-state index contributed by atoms with van der Waals surface area (Å²) in [5.74, 6) is 0.566. The highest BCUT2D eigenvalue weighted by molar-refractivity contribution is 5.94. The van der Waals surface area contributed by atoms with Crippen LogP contribution in [0.2, 0.25) is 0 Å². The first kappa shape index (κ1) is 17.5. The zero-order valence-corrected chi connectivity index (χ0v) is 14.9. The highest BCUT2D eigenvalue weighted by Crippen LogP contribution is 2.27. The van der Waals surface area contributed by atoms with Gasteiger partial charge >= 0.3 is 5.97 Å². The van der Waals surface area contributed by atoms with Gasteiger partial charge in [-0.15, -0.1) is 0 Å². The van der Waals surface area contributed by atoms with E-state index in [1.807, 2.05) is 0 Å². The monoisotopic (exact) mass is 354 g/mol. The summed E-state index contributed by atoms with van der Waals surface area (Å²) in [6, 6.07) is 8.39. The van der Waals surface area contributed by atoms with Gasteiger partial charge in [-0.1, -0.05) is 0 Å². The molecule has 2 heterocycles.